The van der Waals surface area contributed by atoms with Crippen LogP contribution in [0.3, 0.4) is 0 Å². The molecule has 250 valence electrons. The molecule has 0 unspecified atom stereocenters. The average Bonchev–Trinajstić information content (AvgIpc) is 3.51. The molecule has 11 rings (SSSR count). The van der Waals surface area contributed by atoms with Gasteiger partial charge in [0.1, 0.15) is 0 Å². The van der Waals surface area contributed by atoms with Gasteiger partial charge in [-0.05, 0) is 111 Å². The predicted molar refractivity (Wildman–Crippen MR) is 229 cm³/mol. The minimum atomic E-state index is 0.893. The van der Waals surface area contributed by atoms with E-state index in [2.05, 4.69) is 192 Å². The molecule has 53 heavy (non-hydrogen) atoms. The van der Waals surface area contributed by atoms with Gasteiger partial charge in [-0.1, -0.05) is 121 Å². The second kappa shape index (κ2) is 12.1. The van der Waals surface area contributed by atoms with Gasteiger partial charge in [0, 0.05) is 55.0 Å². The summed E-state index contributed by atoms with van der Waals surface area (Å²) in [5, 5.41) is 10.3. The number of hydrogen-bond acceptors (Lipinski definition) is 3. The molecule has 0 spiro atoms. The maximum atomic E-state index is 2.55. The zero-order valence-electron chi connectivity index (χ0n) is 29.0. The molecule has 0 radical (unpaired) electrons. The van der Waals surface area contributed by atoms with E-state index in [1.807, 2.05) is 11.3 Å². The molecule has 2 heterocycles. The molecule has 0 saturated carbocycles. The first-order valence-electron chi connectivity index (χ1n) is 18.4. The van der Waals surface area contributed by atoms with Crippen molar-refractivity contribution in [3.8, 4) is 11.1 Å². The Balaban J connectivity index is 1.10. The number of fused-ring (bicyclic) bond motifs is 11. The van der Waals surface area contributed by atoms with Crippen LogP contribution in [0.25, 0.3) is 63.6 Å². The van der Waals surface area contributed by atoms with E-state index in [1.54, 1.807) is 0 Å². The van der Waals surface area contributed by atoms with Crippen LogP contribution in [0.5, 0.6) is 0 Å². The van der Waals surface area contributed by atoms with Gasteiger partial charge >= 0.3 is 0 Å². The van der Waals surface area contributed by atoms with Crippen molar-refractivity contribution in [2.75, 3.05) is 16.3 Å². The van der Waals surface area contributed by atoms with E-state index in [-0.39, 0.29) is 0 Å². The van der Waals surface area contributed by atoms with Crippen LogP contribution in [0.2, 0.25) is 0 Å². The predicted octanol–water partition coefficient (Wildman–Crippen LogP) is 14.3. The number of benzene rings is 9. The van der Waals surface area contributed by atoms with Crippen molar-refractivity contribution in [2.45, 2.75) is 6.42 Å². The molecule has 0 amide bonds. The summed E-state index contributed by atoms with van der Waals surface area (Å²) < 4.78 is 2.66. The molecule has 0 aliphatic carbocycles. The maximum Gasteiger partial charge on any atom is 0.0511 e. The molecule has 0 saturated heterocycles. The van der Waals surface area contributed by atoms with Gasteiger partial charge in [-0.3, -0.25) is 0 Å². The molecule has 1 aliphatic heterocycles. The van der Waals surface area contributed by atoms with E-state index >= 15 is 0 Å². The molecule has 0 fully saturated rings. The number of thiophene rings is 1. The quantitative estimate of drug-likeness (QED) is 0.169. The monoisotopic (exact) mass is 694 g/mol. The second-order valence-electron chi connectivity index (χ2n) is 14.1. The smallest absolute Gasteiger partial charge is 0.0511 e. The third kappa shape index (κ3) is 4.92. The minimum absolute atomic E-state index is 0.893. The van der Waals surface area contributed by atoms with E-state index in [0.29, 0.717) is 0 Å². The van der Waals surface area contributed by atoms with Crippen molar-refractivity contribution in [1.82, 2.24) is 0 Å². The lowest BCUT2D eigenvalue weighted by molar-refractivity contribution is 0.928. The molecule has 0 bridgehead atoms. The van der Waals surface area contributed by atoms with Gasteiger partial charge in [-0.25, -0.2) is 0 Å². The van der Waals surface area contributed by atoms with Crippen molar-refractivity contribution in [3.05, 3.63) is 188 Å². The number of nitrogens with zero attached hydrogens (tertiary/aromatic N) is 2. The summed E-state index contributed by atoms with van der Waals surface area (Å²) in [4.78, 5) is 4.96. The van der Waals surface area contributed by atoms with E-state index in [4.69, 9.17) is 0 Å². The minimum Gasteiger partial charge on any atom is -0.341 e. The number of hydrogen-bond donors (Lipinski definition) is 0. The summed E-state index contributed by atoms with van der Waals surface area (Å²) in [5.41, 5.74) is 9.82. The highest BCUT2D eigenvalue weighted by Gasteiger charge is 2.24. The Morgan fingerprint density at radius 3 is 2.00 bits per heavy atom. The van der Waals surface area contributed by atoms with Gasteiger partial charge in [-0.2, -0.15) is 0 Å². The molecular formula is C50H34N2S. The van der Waals surface area contributed by atoms with Crippen LogP contribution >= 0.6 is 11.3 Å². The molecular weight excluding hydrogens is 661 g/mol. The standard InChI is InChI=1S/C50H34N2S/c1-2-12-36(13-3-1)52(38-20-25-42-35(30-38)19-24-43-40-14-6-4-10-33(40)18-23-44(42)43)39-21-26-45-41-15-7-5-11-34(41)28-29-51(48(45)32-39)37-22-27-50-47(31-37)46-16-8-9-17-49(46)53-50/h1-27,30-32H,28-29H2. The zero-order chi connectivity index (χ0) is 34.9. The van der Waals surface area contributed by atoms with Crippen LogP contribution in [0.1, 0.15) is 5.56 Å². The van der Waals surface area contributed by atoms with Crippen molar-refractivity contribution < 1.29 is 0 Å². The normalized spacial score (nSPS) is 12.7. The first-order chi connectivity index (χ1) is 26.3. The number of para-hydroxylation sites is 1. The summed E-state index contributed by atoms with van der Waals surface area (Å²) in [7, 11) is 0. The molecule has 0 N–H and O–H groups in total. The number of rotatable bonds is 4. The van der Waals surface area contributed by atoms with Gasteiger partial charge in [0.15, 0.2) is 0 Å². The molecule has 1 aliphatic rings. The van der Waals surface area contributed by atoms with E-state index in [0.717, 1.165) is 30.0 Å². The Labute approximate surface area is 312 Å². The Hall–Kier alpha value is -6.42. The van der Waals surface area contributed by atoms with Crippen LogP contribution in [-0.2, 0) is 6.42 Å². The maximum absolute atomic E-state index is 2.55. The highest BCUT2D eigenvalue weighted by Crippen LogP contribution is 2.46. The summed E-state index contributed by atoms with van der Waals surface area (Å²) in [6, 6.07) is 67.4. The Kier molecular flexibility index (Phi) is 6.89. The van der Waals surface area contributed by atoms with Gasteiger partial charge < -0.3 is 9.80 Å². The summed E-state index contributed by atoms with van der Waals surface area (Å²) >= 11 is 1.87. The first-order valence-corrected chi connectivity index (χ1v) is 19.2. The summed E-state index contributed by atoms with van der Waals surface area (Å²) in [6.45, 7) is 0.893. The van der Waals surface area contributed by atoms with Crippen LogP contribution in [-0.4, -0.2) is 6.54 Å². The van der Waals surface area contributed by atoms with Crippen molar-refractivity contribution in [3.63, 3.8) is 0 Å². The topological polar surface area (TPSA) is 6.48 Å². The van der Waals surface area contributed by atoms with E-state index in [9.17, 15) is 0 Å². The van der Waals surface area contributed by atoms with Crippen LogP contribution in [0, 0.1) is 0 Å². The highest BCUT2D eigenvalue weighted by atomic mass is 32.1. The largest absolute Gasteiger partial charge is 0.341 e. The Morgan fingerprint density at radius 2 is 1.09 bits per heavy atom. The summed E-state index contributed by atoms with van der Waals surface area (Å²) in [6.07, 6.45) is 0.971. The first kappa shape index (κ1) is 30.2. The Bertz CT molecular complexity index is 3030. The average molecular weight is 695 g/mol. The van der Waals surface area contributed by atoms with Gasteiger partial charge in [-0.15, -0.1) is 11.3 Å². The molecule has 1 aromatic heterocycles. The zero-order valence-corrected chi connectivity index (χ0v) is 29.9. The lowest BCUT2D eigenvalue weighted by atomic mass is 9.96. The van der Waals surface area contributed by atoms with E-state index < -0.39 is 0 Å². The van der Waals surface area contributed by atoms with E-state index in [1.165, 1.54) is 80.6 Å². The third-order valence-corrected chi connectivity index (χ3v) is 12.3. The lowest BCUT2D eigenvalue weighted by Gasteiger charge is -2.30. The SMILES string of the molecule is c1ccc(N(c2ccc3c(c2)N(c2ccc4sc5ccccc5c4c2)CCc2ccccc2-3)c2ccc3c(ccc4c5ccccc5ccc34)c2)cc1. The van der Waals surface area contributed by atoms with Gasteiger partial charge in [0.2, 0.25) is 0 Å². The van der Waals surface area contributed by atoms with Crippen molar-refractivity contribution >= 4 is 92.3 Å². The molecule has 10 aromatic rings. The fourth-order valence-corrected chi connectivity index (χ4v) is 9.68. The molecule has 3 heteroatoms. The third-order valence-electron chi connectivity index (χ3n) is 11.1. The van der Waals surface area contributed by atoms with Crippen LogP contribution in [0.15, 0.2) is 182 Å². The molecule has 2 nitrogen and oxygen atoms in total. The fraction of sp³-hybridized carbons (Fsp3) is 0.0400. The molecule has 0 atom stereocenters. The second-order valence-corrected chi connectivity index (χ2v) is 15.1. The van der Waals surface area contributed by atoms with Crippen molar-refractivity contribution in [1.29, 1.82) is 0 Å². The van der Waals surface area contributed by atoms with Gasteiger partial charge in [0.05, 0.1) is 5.69 Å². The summed E-state index contributed by atoms with van der Waals surface area (Å²) in [5.74, 6) is 0. The number of anilines is 5. The lowest BCUT2D eigenvalue weighted by Crippen LogP contribution is -2.20. The highest BCUT2D eigenvalue weighted by molar-refractivity contribution is 7.25. The fourth-order valence-electron chi connectivity index (χ4n) is 8.59. The molecule has 9 aromatic carbocycles. The Morgan fingerprint density at radius 1 is 0.415 bits per heavy atom. The van der Waals surface area contributed by atoms with Crippen molar-refractivity contribution in [2.24, 2.45) is 0 Å². The van der Waals surface area contributed by atoms with Gasteiger partial charge in [0.25, 0.3) is 0 Å². The van der Waals surface area contributed by atoms with Crippen LogP contribution < -0.4 is 9.80 Å². The van der Waals surface area contributed by atoms with Crippen LogP contribution in [0.4, 0.5) is 28.4 Å².